The summed E-state index contributed by atoms with van der Waals surface area (Å²) in [5.74, 6) is -0.530. The number of carbonyl (C=O) groups excluding carboxylic acids is 1. The molecule has 1 saturated heterocycles. The van der Waals surface area contributed by atoms with Gasteiger partial charge in [-0.2, -0.15) is 5.26 Å². The van der Waals surface area contributed by atoms with E-state index in [0.29, 0.717) is 51.4 Å². The van der Waals surface area contributed by atoms with Gasteiger partial charge in [-0.05, 0) is 6.07 Å². The lowest BCUT2D eigenvalue weighted by Gasteiger charge is -2.26. The van der Waals surface area contributed by atoms with E-state index in [4.69, 9.17) is 12.6 Å². The normalized spacial score (nSPS) is 14.2. The lowest BCUT2D eigenvalue weighted by Crippen LogP contribution is -2.41. The van der Waals surface area contributed by atoms with Gasteiger partial charge in [-0.3, -0.25) is 19.8 Å². The molecule has 1 aromatic rings. The van der Waals surface area contributed by atoms with Gasteiger partial charge in [0.25, 0.3) is 11.6 Å². The van der Waals surface area contributed by atoms with Gasteiger partial charge in [-0.1, -0.05) is 28.9 Å². The Kier molecular flexibility index (Phi) is 9.63. The van der Waals surface area contributed by atoms with Crippen LogP contribution in [-0.2, 0) is 4.74 Å². The quantitative estimate of drug-likeness (QED) is 0.166. The number of morpholine rings is 1. The van der Waals surface area contributed by atoms with Crippen molar-refractivity contribution < 1.29 is 14.5 Å². The molecule has 11 heteroatoms. The first-order valence-corrected chi connectivity index (χ1v) is 10.9. The maximum absolute atomic E-state index is 12.7. The third-order valence-electron chi connectivity index (χ3n) is 4.59. The monoisotopic (exact) mass is 511 g/mol. The predicted molar refractivity (Wildman–Crippen MR) is 119 cm³/mol. The fourth-order valence-electron chi connectivity index (χ4n) is 3.12. The van der Waals surface area contributed by atoms with E-state index in [1.165, 1.54) is 12.1 Å². The molecule has 1 heterocycles. The molecule has 1 fully saturated rings. The smallest absolute Gasteiger partial charge is 0.283 e. The predicted octanol–water partition coefficient (Wildman–Crippen LogP) is 1.36. The molecule has 2 rings (SSSR count). The highest BCUT2D eigenvalue weighted by Crippen LogP contribution is 2.30. The molecule has 0 unspecified atom stereocenters. The number of nitro benzene ring substituents is 1. The van der Waals surface area contributed by atoms with E-state index in [1.807, 2.05) is 11.0 Å². The molecular formula is C18H23BIN5O4. The van der Waals surface area contributed by atoms with Crippen LogP contribution in [0.3, 0.4) is 0 Å². The summed E-state index contributed by atoms with van der Waals surface area (Å²) in [6, 6.07) is 4.60. The highest BCUT2D eigenvalue weighted by atomic mass is 127. The third kappa shape index (κ3) is 6.55. The van der Waals surface area contributed by atoms with Crippen molar-refractivity contribution >= 4 is 47.7 Å². The van der Waals surface area contributed by atoms with Gasteiger partial charge in [0.05, 0.1) is 37.2 Å². The highest BCUT2D eigenvalue weighted by Gasteiger charge is 2.25. The summed E-state index contributed by atoms with van der Waals surface area (Å²) in [4.78, 5) is 27.6. The maximum Gasteiger partial charge on any atom is 0.283 e. The van der Waals surface area contributed by atoms with E-state index < -0.39 is 10.8 Å². The van der Waals surface area contributed by atoms with Gasteiger partial charge in [0.15, 0.2) is 0 Å². The number of nitro groups is 1. The number of carbonyl (C=O) groups is 1. The van der Waals surface area contributed by atoms with Gasteiger partial charge in [0.1, 0.15) is 11.6 Å². The summed E-state index contributed by atoms with van der Waals surface area (Å²) in [5, 5.41) is 23.7. The lowest BCUT2D eigenvalue weighted by atomic mass is 10.0. The Bertz CT molecular complexity index is 761. The lowest BCUT2D eigenvalue weighted by molar-refractivity contribution is -0.385. The molecule has 154 valence electrons. The number of nitriles is 1. The van der Waals surface area contributed by atoms with Gasteiger partial charge < -0.3 is 15.0 Å². The van der Waals surface area contributed by atoms with Gasteiger partial charge >= 0.3 is 0 Å². The van der Waals surface area contributed by atoms with Crippen LogP contribution in [0.25, 0.3) is 0 Å². The number of hydrogen-bond donors (Lipinski definition) is 1. The summed E-state index contributed by atoms with van der Waals surface area (Å²) in [6.07, 6.45) is 0.361. The number of ether oxygens (including phenoxy) is 1. The van der Waals surface area contributed by atoms with Crippen LogP contribution in [0, 0.1) is 21.4 Å². The van der Waals surface area contributed by atoms with Crippen LogP contribution in [-0.4, -0.2) is 80.5 Å². The molecule has 1 aliphatic heterocycles. The van der Waals surface area contributed by atoms with Crippen molar-refractivity contribution in [3.05, 3.63) is 33.4 Å². The number of alkyl halides is 1. The molecular weight excluding hydrogens is 488 g/mol. The van der Waals surface area contributed by atoms with Crippen LogP contribution in [0.15, 0.2) is 12.1 Å². The average molecular weight is 511 g/mol. The zero-order valence-corrected chi connectivity index (χ0v) is 18.3. The Balaban J connectivity index is 2.25. The minimum absolute atomic E-state index is 0.0542. The zero-order chi connectivity index (χ0) is 21.2. The second-order valence-electron chi connectivity index (χ2n) is 6.43. The molecule has 9 nitrogen and oxygen atoms in total. The molecule has 1 N–H and O–H groups in total. The fraction of sp³-hybridized carbons (Fsp3) is 0.556. The molecule has 1 amide bonds. The minimum atomic E-state index is -0.632. The van der Waals surface area contributed by atoms with Crippen molar-refractivity contribution in [1.29, 1.82) is 5.26 Å². The highest BCUT2D eigenvalue weighted by molar-refractivity contribution is 14.1. The summed E-state index contributed by atoms with van der Waals surface area (Å²) in [6.45, 7) is 5.00. The summed E-state index contributed by atoms with van der Waals surface area (Å²) in [5.41, 5.74) is 0.205. The largest absolute Gasteiger partial charge is 0.379 e. The SMILES string of the molecule is [B]CCN(CCI)c1cc(C(=O)NCCN2CCOCC2)c([N+](=O)[O-])cc1C#N. The molecule has 0 aliphatic carbocycles. The maximum atomic E-state index is 12.7. The number of rotatable bonds is 10. The average Bonchev–Trinajstić information content (AvgIpc) is 2.73. The first kappa shape index (κ1) is 23.4. The number of nitrogens with one attached hydrogen (secondary N) is 1. The van der Waals surface area contributed by atoms with Crippen molar-refractivity contribution in [2.45, 2.75) is 6.32 Å². The number of nitrogens with zero attached hydrogens (tertiary/aromatic N) is 4. The molecule has 29 heavy (non-hydrogen) atoms. The molecule has 0 bridgehead atoms. The van der Waals surface area contributed by atoms with Crippen LogP contribution < -0.4 is 10.2 Å². The molecule has 2 radical (unpaired) electrons. The topological polar surface area (TPSA) is 112 Å². The van der Waals surface area contributed by atoms with Gasteiger partial charge in [-0.15, -0.1) is 0 Å². The summed E-state index contributed by atoms with van der Waals surface area (Å²) >= 11 is 2.21. The van der Waals surface area contributed by atoms with Crippen molar-refractivity contribution in [2.75, 3.05) is 61.8 Å². The molecule has 0 atom stereocenters. The Morgan fingerprint density at radius 1 is 1.41 bits per heavy atom. The Labute approximate surface area is 185 Å². The third-order valence-corrected chi connectivity index (χ3v) is 5.07. The van der Waals surface area contributed by atoms with Crippen molar-refractivity contribution in [1.82, 2.24) is 10.2 Å². The number of halogens is 1. The van der Waals surface area contributed by atoms with Gasteiger partial charge in [0.2, 0.25) is 0 Å². The molecule has 0 saturated carbocycles. The second-order valence-corrected chi connectivity index (χ2v) is 7.51. The van der Waals surface area contributed by atoms with E-state index in [1.54, 1.807) is 0 Å². The summed E-state index contributed by atoms with van der Waals surface area (Å²) < 4.78 is 6.07. The fourth-order valence-corrected chi connectivity index (χ4v) is 3.70. The minimum Gasteiger partial charge on any atom is -0.379 e. The first-order valence-electron chi connectivity index (χ1n) is 9.33. The van der Waals surface area contributed by atoms with Crippen molar-refractivity contribution in [3.63, 3.8) is 0 Å². The van der Waals surface area contributed by atoms with E-state index in [9.17, 15) is 20.2 Å². The van der Waals surface area contributed by atoms with Crippen LogP contribution in [0.4, 0.5) is 11.4 Å². The van der Waals surface area contributed by atoms with Crippen LogP contribution in [0.1, 0.15) is 15.9 Å². The first-order chi connectivity index (χ1) is 14.0. The van der Waals surface area contributed by atoms with Crippen LogP contribution in [0.5, 0.6) is 0 Å². The molecule has 0 spiro atoms. The molecule has 1 aromatic carbocycles. The van der Waals surface area contributed by atoms with Gasteiger partial charge in [-0.25, -0.2) is 0 Å². The number of benzene rings is 1. The number of hydrogen-bond acceptors (Lipinski definition) is 7. The zero-order valence-electron chi connectivity index (χ0n) is 16.1. The van der Waals surface area contributed by atoms with E-state index in [2.05, 4.69) is 32.8 Å². The van der Waals surface area contributed by atoms with Crippen molar-refractivity contribution in [3.8, 4) is 6.07 Å². The molecule has 1 aliphatic rings. The second kappa shape index (κ2) is 11.9. The van der Waals surface area contributed by atoms with Crippen LogP contribution in [0.2, 0.25) is 6.32 Å². The summed E-state index contributed by atoms with van der Waals surface area (Å²) in [7, 11) is 5.67. The van der Waals surface area contributed by atoms with E-state index in [-0.39, 0.29) is 16.8 Å². The van der Waals surface area contributed by atoms with Crippen LogP contribution >= 0.6 is 22.6 Å². The standard InChI is InChI=1S/C18H23BIN5O4/c19-1-4-24(5-2-20)16-12-15(17(25(27)28)11-14(16)13-21)18(26)22-3-6-23-7-9-29-10-8-23/h11-12H,1-10H2,(H,22,26). The number of amides is 1. The molecule has 0 aromatic heterocycles. The Morgan fingerprint density at radius 3 is 2.72 bits per heavy atom. The van der Waals surface area contributed by atoms with E-state index in [0.717, 1.165) is 17.5 Å². The van der Waals surface area contributed by atoms with Gasteiger partial charge in [0, 0.05) is 49.8 Å². The van der Waals surface area contributed by atoms with E-state index >= 15 is 0 Å². The number of anilines is 1. The van der Waals surface area contributed by atoms with Crippen molar-refractivity contribution in [2.24, 2.45) is 0 Å². The Hall–Kier alpha value is -1.91. The Morgan fingerprint density at radius 2 is 2.14 bits per heavy atom.